The molecule has 0 radical (unpaired) electrons. The van der Waals surface area contributed by atoms with Gasteiger partial charge in [0.1, 0.15) is 0 Å². The maximum absolute atomic E-state index is 12.1. The molecule has 112 valence electrons. The van der Waals surface area contributed by atoms with Crippen LogP contribution in [0, 0.1) is 5.92 Å². The zero-order valence-electron chi connectivity index (χ0n) is 12.2. The largest absolute Gasteiger partial charge is 0.460 e. The van der Waals surface area contributed by atoms with E-state index in [4.69, 9.17) is 10.5 Å². The fourth-order valence-corrected chi connectivity index (χ4v) is 2.48. The highest BCUT2D eigenvalue weighted by Crippen LogP contribution is 2.37. The summed E-state index contributed by atoms with van der Waals surface area (Å²) in [5, 5.41) is 5.29. The smallest absolute Gasteiger partial charge is 0.375 e. The fourth-order valence-electron chi connectivity index (χ4n) is 2.48. The summed E-state index contributed by atoms with van der Waals surface area (Å²) < 4.78 is 4.78. The second-order valence-electron chi connectivity index (χ2n) is 4.98. The molecule has 1 amide bonds. The number of carbonyl (C=O) groups excluding carboxylic acids is 2. The number of amides is 1. The molecular formula is C15H19N3O3. The van der Waals surface area contributed by atoms with Crippen LogP contribution in [0.4, 0.5) is 0 Å². The minimum Gasteiger partial charge on any atom is -0.460 e. The van der Waals surface area contributed by atoms with Crippen molar-refractivity contribution in [3.05, 3.63) is 35.9 Å². The molecule has 1 saturated heterocycles. The average molecular weight is 289 g/mol. The number of amidine groups is 1. The van der Waals surface area contributed by atoms with Gasteiger partial charge < -0.3 is 10.5 Å². The quantitative estimate of drug-likeness (QED) is 0.518. The van der Waals surface area contributed by atoms with Crippen molar-refractivity contribution in [3.8, 4) is 0 Å². The summed E-state index contributed by atoms with van der Waals surface area (Å²) in [6.07, 6.45) is 0.374. The van der Waals surface area contributed by atoms with Crippen molar-refractivity contribution in [3.63, 3.8) is 0 Å². The third-order valence-corrected chi connectivity index (χ3v) is 3.40. The molecule has 6 heteroatoms. The molecule has 0 unspecified atom stereocenters. The Morgan fingerprint density at radius 3 is 2.71 bits per heavy atom. The molecule has 2 rings (SSSR count). The number of benzene rings is 1. The summed E-state index contributed by atoms with van der Waals surface area (Å²) in [5.41, 5.74) is 6.58. The summed E-state index contributed by atoms with van der Waals surface area (Å²) in [4.78, 5) is 23.6. The lowest BCUT2D eigenvalue weighted by atomic mass is 9.96. The van der Waals surface area contributed by atoms with Crippen LogP contribution in [-0.4, -0.2) is 29.3 Å². The van der Waals surface area contributed by atoms with Crippen LogP contribution in [0.5, 0.6) is 0 Å². The molecule has 0 aliphatic carbocycles. The number of rotatable bonds is 3. The monoisotopic (exact) mass is 289 g/mol. The molecule has 2 N–H and O–H groups in total. The first-order valence-electron chi connectivity index (χ1n) is 6.92. The van der Waals surface area contributed by atoms with Crippen molar-refractivity contribution in [2.75, 3.05) is 6.61 Å². The summed E-state index contributed by atoms with van der Waals surface area (Å²) in [6, 6.07) is 9.37. The molecule has 1 fully saturated rings. The Morgan fingerprint density at radius 2 is 2.10 bits per heavy atom. The Bertz CT molecular complexity index is 557. The molecule has 1 heterocycles. The van der Waals surface area contributed by atoms with Crippen molar-refractivity contribution in [2.24, 2.45) is 16.8 Å². The van der Waals surface area contributed by atoms with Gasteiger partial charge in [0, 0.05) is 6.42 Å². The maximum atomic E-state index is 12.1. The van der Waals surface area contributed by atoms with Gasteiger partial charge in [-0.15, -0.1) is 5.10 Å². The van der Waals surface area contributed by atoms with E-state index in [1.807, 2.05) is 37.3 Å². The van der Waals surface area contributed by atoms with Crippen LogP contribution in [0.25, 0.3) is 0 Å². The number of nitrogens with zero attached hydrogens (tertiary/aromatic N) is 2. The molecule has 0 aromatic heterocycles. The number of hydrazone groups is 1. The van der Waals surface area contributed by atoms with Crippen LogP contribution in [-0.2, 0) is 14.3 Å². The molecular weight excluding hydrogens is 270 g/mol. The Hall–Kier alpha value is -2.37. The van der Waals surface area contributed by atoms with Gasteiger partial charge in [-0.05, 0) is 18.4 Å². The van der Waals surface area contributed by atoms with Crippen LogP contribution in [0.3, 0.4) is 0 Å². The van der Waals surface area contributed by atoms with Crippen molar-refractivity contribution >= 4 is 17.7 Å². The van der Waals surface area contributed by atoms with Gasteiger partial charge in [-0.1, -0.05) is 37.3 Å². The highest BCUT2D eigenvalue weighted by atomic mass is 16.5. The van der Waals surface area contributed by atoms with E-state index in [9.17, 15) is 9.59 Å². The molecule has 0 bridgehead atoms. The Labute approximate surface area is 123 Å². The van der Waals surface area contributed by atoms with Gasteiger partial charge in [0.15, 0.2) is 0 Å². The van der Waals surface area contributed by atoms with E-state index >= 15 is 0 Å². The van der Waals surface area contributed by atoms with E-state index < -0.39 is 5.97 Å². The summed E-state index contributed by atoms with van der Waals surface area (Å²) in [5.74, 6) is -1.07. The fraction of sp³-hybridized carbons (Fsp3) is 0.400. The normalized spacial score (nSPS) is 22.5. The molecule has 1 aromatic carbocycles. The van der Waals surface area contributed by atoms with E-state index in [1.54, 1.807) is 6.92 Å². The molecule has 21 heavy (non-hydrogen) atoms. The Balaban J connectivity index is 2.29. The summed E-state index contributed by atoms with van der Waals surface area (Å²) in [6.45, 7) is 3.87. The summed E-state index contributed by atoms with van der Waals surface area (Å²) >= 11 is 0. The van der Waals surface area contributed by atoms with Crippen LogP contribution in [0.2, 0.25) is 0 Å². The highest BCUT2D eigenvalue weighted by molar-refractivity contribution is 6.34. The van der Waals surface area contributed by atoms with Crippen LogP contribution in [0.1, 0.15) is 31.9 Å². The van der Waals surface area contributed by atoms with E-state index in [0.29, 0.717) is 6.42 Å². The summed E-state index contributed by atoms with van der Waals surface area (Å²) in [7, 11) is 0. The maximum Gasteiger partial charge on any atom is 0.375 e. The van der Waals surface area contributed by atoms with Crippen LogP contribution >= 0.6 is 0 Å². The Kier molecular flexibility index (Phi) is 4.57. The third-order valence-electron chi connectivity index (χ3n) is 3.40. The zero-order valence-corrected chi connectivity index (χ0v) is 12.2. The number of hydrogen-bond acceptors (Lipinski definition) is 4. The molecule has 0 saturated carbocycles. The van der Waals surface area contributed by atoms with Crippen molar-refractivity contribution in [2.45, 2.75) is 26.3 Å². The number of carbonyl (C=O) groups is 2. The Morgan fingerprint density at radius 1 is 1.43 bits per heavy atom. The van der Waals surface area contributed by atoms with Gasteiger partial charge >= 0.3 is 5.97 Å². The zero-order chi connectivity index (χ0) is 15.4. The van der Waals surface area contributed by atoms with Gasteiger partial charge in [-0.25, -0.2) is 9.80 Å². The molecule has 6 nitrogen and oxygen atoms in total. The highest BCUT2D eigenvalue weighted by Gasteiger charge is 2.39. The minimum absolute atomic E-state index is 0.0960. The SMILES string of the molecule is CCOC(=O)C(N)=NN1C(=O)C[C@@H](C)[C@H]1c1ccccc1. The standard InChI is InChI=1S/C15H19N3O3/c1-3-21-15(20)14(16)17-18-12(19)9-10(2)13(18)11-7-5-4-6-8-11/h4-8,10,13H,3,9H2,1-2H3,(H2,16,17)/t10-,13+/m1/s1. The van der Waals surface area contributed by atoms with Crippen LogP contribution in [0.15, 0.2) is 35.4 Å². The van der Waals surface area contributed by atoms with E-state index in [2.05, 4.69) is 5.10 Å². The third kappa shape index (κ3) is 3.21. The molecule has 1 aliphatic heterocycles. The topological polar surface area (TPSA) is 85.0 Å². The lowest BCUT2D eigenvalue weighted by Crippen LogP contribution is -2.32. The molecule has 1 aromatic rings. The molecule has 2 atom stereocenters. The molecule has 1 aliphatic rings. The van der Waals surface area contributed by atoms with E-state index in [-0.39, 0.29) is 30.3 Å². The number of hydrogen-bond donors (Lipinski definition) is 1. The van der Waals surface area contributed by atoms with Gasteiger partial charge in [0.2, 0.25) is 11.7 Å². The van der Waals surface area contributed by atoms with Gasteiger partial charge in [0.25, 0.3) is 0 Å². The first kappa shape index (κ1) is 15.0. The van der Waals surface area contributed by atoms with Crippen molar-refractivity contribution in [1.29, 1.82) is 0 Å². The van der Waals surface area contributed by atoms with E-state index in [0.717, 1.165) is 5.56 Å². The predicted molar refractivity (Wildman–Crippen MR) is 78.1 cm³/mol. The van der Waals surface area contributed by atoms with Crippen molar-refractivity contribution in [1.82, 2.24) is 5.01 Å². The lowest BCUT2D eigenvalue weighted by molar-refractivity contribution is -0.135. The lowest BCUT2D eigenvalue weighted by Gasteiger charge is -2.23. The van der Waals surface area contributed by atoms with Gasteiger partial charge in [0.05, 0.1) is 12.6 Å². The predicted octanol–water partition coefficient (Wildman–Crippen LogP) is 1.43. The second kappa shape index (κ2) is 6.39. The number of esters is 1. The van der Waals surface area contributed by atoms with Gasteiger partial charge in [-0.3, -0.25) is 4.79 Å². The first-order valence-corrected chi connectivity index (χ1v) is 6.92. The number of ether oxygens (including phenoxy) is 1. The van der Waals surface area contributed by atoms with Crippen molar-refractivity contribution < 1.29 is 14.3 Å². The van der Waals surface area contributed by atoms with E-state index in [1.165, 1.54) is 5.01 Å². The van der Waals surface area contributed by atoms with Gasteiger partial charge in [-0.2, -0.15) is 0 Å². The number of nitrogens with two attached hydrogens (primary N) is 1. The average Bonchev–Trinajstić information content (AvgIpc) is 2.74. The first-order chi connectivity index (χ1) is 10.0. The van der Waals surface area contributed by atoms with Crippen LogP contribution < -0.4 is 5.73 Å². The molecule has 0 spiro atoms. The second-order valence-corrected chi connectivity index (χ2v) is 4.98. The minimum atomic E-state index is -0.711.